The maximum Gasteiger partial charge on any atom is 0.339 e. The van der Waals surface area contributed by atoms with Gasteiger partial charge in [-0.3, -0.25) is 4.79 Å². The molecule has 174 valence electrons. The molecule has 3 aromatic carbocycles. The van der Waals surface area contributed by atoms with Gasteiger partial charge in [-0.25, -0.2) is 9.78 Å². The number of carbonyl (C=O) groups is 2. The predicted molar refractivity (Wildman–Crippen MR) is 137 cm³/mol. The van der Waals surface area contributed by atoms with Crippen LogP contribution in [0.2, 0.25) is 20.1 Å². The van der Waals surface area contributed by atoms with E-state index in [1.54, 1.807) is 36.4 Å². The molecule has 0 aliphatic heterocycles. The summed E-state index contributed by atoms with van der Waals surface area (Å²) in [5, 5.41) is 13.2. The fraction of sp³-hybridized carbons (Fsp3) is 0.0400. The molecule has 6 nitrogen and oxygen atoms in total. The second-order valence-corrected chi connectivity index (χ2v) is 8.82. The molecule has 1 amide bonds. The third-order valence-corrected chi connectivity index (χ3v) is 6.49. The average molecular weight is 545 g/mol. The van der Waals surface area contributed by atoms with Crippen LogP contribution in [0.3, 0.4) is 0 Å². The summed E-state index contributed by atoms with van der Waals surface area (Å²) in [6.45, 7) is -0.588. The molecule has 35 heavy (non-hydrogen) atoms. The summed E-state index contributed by atoms with van der Waals surface area (Å²) in [4.78, 5) is 30.0. The Hall–Kier alpha value is -3.34. The van der Waals surface area contributed by atoms with Crippen LogP contribution in [0.1, 0.15) is 15.9 Å². The fourth-order valence-corrected chi connectivity index (χ4v) is 4.12. The van der Waals surface area contributed by atoms with Gasteiger partial charge in [0.05, 0.1) is 43.1 Å². The first kappa shape index (κ1) is 24.8. The van der Waals surface area contributed by atoms with Crippen molar-refractivity contribution in [3.8, 4) is 17.3 Å². The molecule has 0 atom stereocenters. The van der Waals surface area contributed by atoms with E-state index in [9.17, 15) is 14.9 Å². The molecule has 1 N–H and O–H groups in total. The normalized spacial score (nSPS) is 10.6. The number of pyridine rings is 1. The zero-order valence-electron chi connectivity index (χ0n) is 17.6. The van der Waals surface area contributed by atoms with Gasteiger partial charge < -0.3 is 10.1 Å². The zero-order valence-corrected chi connectivity index (χ0v) is 20.6. The molecule has 1 aromatic heterocycles. The molecule has 0 saturated heterocycles. The van der Waals surface area contributed by atoms with Gasteiger partial charge in [0, 0.05) is 16.0 Å². The van der Waals surface area contributed by atoms with Crippen LogP contribution in [0, 0.1) is 11.3 Å². The molecular weight excluding hydrogens is 532 g/mol. The van der Waals surface area contributed by atoms with Crippen LogP contribution < -0.4 is 5.32 Å². The average Bonchev–Trinajstić information content (AvgIpc) is 2.85. The van der Waals surface area contributed by atoms with Crippen molar-refractivity contribution >= 4 is 74.9 Å². The number of hydrogen-bond acceptors (Lipinski definition) is 5. The SMILES string of the molecule is N#Cc1ccc(Cl)cc1NC(=O)COC(=O)c1cc(-c2ccc(Cl)c(Cl)c2Cl)nc2ccccc12. The van der Waals surface area contributed by atoms with Gasteiger partial charge in [-0.15, -0.1) is 0 Å². The molecule has 1 heterocycles. The van der Waals surface area contributed by atoms with Crippen molar-refractivity contribution in [1.82, 2.24) is 4.98 Å². The molecule has 0 saturated carbocycles. The highest BCUT2D eigenvalue weighted by molar-refractivity contribution is 6.49. The Morgan fingerprint density at radius 2 is 1.74 bits per heavy atom. The van der Waals surface area contributed by atoms with Gasteiger partial charge in [0.2, 0.25) is 0 Å². The van der Waals surface area contributed by atoms with E-state index in [-0.39, 0.29) is 31.9 Å². The minimum Gasteiger partial charge on any atom is -0.452 e. The van der Waals surface area contributed by atoms with Crippen molar-refractivity contribution in [2.75, 3.05) is 11.9 Å². The first-order valence-corrected chi connectivity index (χ1v) is 11.5. The number of para-hydroxylation sites is 1. The number of fused-ring (bicyclic) bond motifs is 1. The summed E-state index contributed by atoms with van der Waals surface area (Å²) < 4.78 is 5.26. The van der Waals surface area contributed by atoms with E-state index in [1.807, 2.05) is 6.07 Å². The van der Waals surface area contributed by atoms with Crippen molar-refractivity contribution in [3.63, 3.8) is 0 Å². The number of rotatable bonds is 5. The molecule has 0 unspecified atom stereocenters. The van der Waals surface area contributed by atoms with Gasteiger partial charge in [-0.2, -0.15) is 5.26 Å². The molecule has 4 aromatic rings. The summed E-state index contributed by atoms with van der Waals surface area (Å²) in [5.74, 6) is -1.38. The van der Waals surface area contributed by atoms with Crippen LogP contribution >= 0.6 is 46.4 Å². The lowest BCUT2D eigenvalue weighted by atomic mass is 10.0. The molecule has 0 bridgehead atoms. The number of amides is 1. The smallest absolute Gasteiger partial charge is 0.339 e. The van der Waals surface area contributed by atoms with E-state index in [2.05, 4.69) is 10.3 Å². The topological polar surface area (TPSA) is 92.1 Å². The number of ether oxygens (including phenoxy) is 1. The monoisotopic (exact) mass is 543 g/mol. The number of halogens is 4. The van der Waals surface area contributed by atoms with Gasteiger partial charge in [-0.05, 0) is 42.5 Å². The molecule has 0 aliphatic rings. The molecule has 0 aliphatic carbocycles. The Morgan fingerprint density at radius 1 is 0.971 bits per heavy atom. The third kappa shape index (κ3) is 5.34. The van der Waals surface area contributed by atoms with Crippen LogP contribution in [0.4, 0.5) is 5.69 Å². The van der Waals surface area contributed by atoms with Crippen molar-refractivity contribution in [2.45, 2.75) is 0 Å². The number of benzene rings is 3. The molecule has 0 fully saturated rings. The molecule has 4 rings (SSSR count). The summed E-state index contributed by atoms with van der Waals surface area (Å²) >= 11 is 24.5. The third-order valence-electron chi connectivity index (χ3n) is 4.96. The van der Waals surface area contributed by atoms with Crippen LogP contribution in [-0.2, 0) is 9.53 Å². The fourth-order valence-electron chi connectivity index (χ4n) is 3.32. The number of nitrogens with one attached hydrogen (secondary N) is 1. The highest BCUT2D eigenvalue weighted by Gasteiger charge is 2.19. The lowest BCUT2D eigenvalue weighted by Crippen LogP contribution is -2.21. The molecular formula is C25H13Cl4N3O3. The zero-order chi connectivity index (χ0) is 25.1. The maximum atomic E-state index is 13.0. The van der Waals surface area contributed by atoms with Gasteiger partial charge in [-0.1, -0.05) is 64.6 Å². The van der Waals surface area contributed by atoms with Gasteiger partial charge >= 0.3 is 5.97 Å². The number of nitrogens with zero attached hydrogens (tertiary/aromatic N) is 2. The highest BCUT2D eigenvalue weighted by atomic mass is 35.5. The number of aromatic nitrogens is 1. The highest BCUT2D eigenvalue weighted by Crippen LogP contribution is 2.38. The standard InChI is InChI=1S/C25H13Cl4N3O3/c26-14-6-5-13(11-30)20(9-14)32-22(33)12-35-25(34)17-10-21(31-19-4-2-1-3-15(17)19)16-7-8-18(27)24(29)23(16)28/h1-10H,12H2,(H,32,33). The summed E-state index contributed by atoms with van der Waals surface area (Å²) in [6, 6.07) is 18.1. The Bertz CT molecular complexity index is 1530. The second-order valence-electron chi connectivity index (χ2n) is 7.22. The van der Waals surface area contributed by atoms with Crippen LogP contribution in [0.15, 0.2) is 60.7 Å². The van der Waals surface area contributed by atoms with E-state index >= 15 is 0 Å². The molecule has 10 heteroatoms. The number of esters is 1. The second kappa shape index (κ2) is 10.5. The molecule has 0 radical (unpaired) electrons. The lowest BCUT2D eigenvalue weighted by Gasteiger charge is -2.12. The number of carbonyl (C=O) groups excluding carboxylic acids is 2. The summed E-state index contributed by atoms with van der Waals surface area (Å²) in [7, 11) is 0. The van der Waals surface area contributed by atoms with E-state index in [0.717, 1.165) is 0 Å². The van der Waals surface area contributed by atoms with E-state index in [4.69, 9.17) is 51.1 Å². The van der Waals surface area contributed by atoms with E-state index < -0.39 is 18.5 Å². The lowest BCUT2D eigenvalue weighted by molar-refractivity contribution is -0.119. The molecule has 0 spiro atoms. The Kier molecular flexibility index (Phi) is 7.44. The van der Waals surface area contributed by atoms with E-state index in [0.29, 0.717) is 27.2 Å². The van der Waals surface area contributed by atoms with Crippen molar-refractivity contribution in [1.29, 1.82) is 5.26 Å². The Morgan fingerprint density at radius 3 is 2.51 bits per heavy atom. The van der Waals surface area contributed by atoms with Crippen LogP contribution in [-0.4, -0.2) is 23.5 Å². The van der Waals surface area contributed by atoms with Crippen molar-refractivity contribution < 1.29 is 14.3 Å². The van der Waals surface area contributed by atoms with Crippen molar-refractivity contribution in [3.05, 3.63) is 91.9 Å². The quantitative estimate of drug-likeness (QED) is 0.212. The number of anilines is 1. The Labute approximate surface area is 219 Å². The summed E-state index contributed by atoms with van der Waals surface area (Å²) in [6.07, 6.45) is 0. The first-order valence-electron chi connectivity index (χ1n) is 9.98. The maximum absolute atomic E-state index is 13.0. The van der Waals surface area contributed by atoms with E-state index in [1.165, 1.54) is 24.3 Å². The van der Waals surface area contributed by atoms with Gasteiger partial charge in [0.15, 0.2) is 6.61 Å². The van der Waals surface area contributed by atoms with Gasteiger partial charge in [0.1, 0.15) is 6.07 Å². The Balaban J connectivity index is 1.62. The minimum atomic E-state index is -0.747. The minimum absolute atomic E-state index is 0.166. The van der Waals surface area contributed by atoms with Crippen LogP contribution in [0.5, 0.6) is 0 Å². The van der Waals surface area contributed by atoms with Crippen LogP contribution in [0.25, 0.3) is 22.2 Å². The van der Waals surface area contributed by atoms with Crippen molar-refractivity contribution in [2.24, 2.45) is 0 Å². The summed E-state index contributed by atoms with van der Waals surface area (Å²) in [5.41, 5.74) is 1.98. The number of nitriles is 1. The first-order chi connectivity index (χ1) is 16.8. The van der Waals surface area contributed by atoms with Gasteiger partial charge in [0.25, 0.3) is 5.91 Å². The number of hydrogen-bond donors (Lipinski definition) is 1. The predicted octanol–water partition coefficient (Wildman–Crippen LogP) is 7.18. The largest absolute Gasteiger partial charge is 0.452 e.